The monoisotopic (exact) mass is 351 g/mol. The molecule has 136 valence electrons. The van der Waals surface area contributed by atoms with Crippen LogP contribution in [0, 0.1) is 5.41 Å². The predicted molar refractivity (Wildman–Crippen MR) is 103 cm³/mol. The van der Waals surface area contributed by atoms with Gasteiger partial charge < -0.3 is 11.1 Å². The van der Waals surface area contributed by atoms with Crippen molar-refractivity contribution in [3.8, 4) is 0 Å². The minimum atomic E-state index is -0.501. The van der Waals surface area contributed by atoms with Crippen LogP contribution in [0.3, 0.4) is 0 Å². The third-order valence-corrected chi connectivity index (χ3v) is 5.18. The molecule has 2 aromatic heterocycles. The van der Waals surface area contributed by atoms with Gasteiger partial charge in [0, 0.05) is 24.8 Å². The largest absolute Gasteiger partial charge is 0.329 e. The molecule has 1 amide bonds. The molecule has 0 aliphatic rings. The molecule has 3 aromatic rings. The summed E-state index contributed by atoms with van der Waals surface area (Å²) < 4.78 is 1.98. The first-order valence-corrected chi connectivity index (χ1v) is 9.01. The van der Waals surface area contributed by atoms with Crippen LogP contribution in [0.25, 0.3) is 5.65 Å². The van der Waals surface area contributed by atoms with Gasteiger partial charge in [-0.05, 0) is 42.7 Å². The van der Waals surface area contributed by atoms with Crippen LogP contribution in [0.15, 0.2) is 48.7 Å². The number of anilines is 1. The molecule has 0 saturated heterocycles. The molecule has 1 aromatic carbocycles. The summed E-state index contributed by atoms with van der Waals surface area (Å²) in [7, 11) is 0. The highest BCUT2D eigenvalue weighted by Crippen LogP contribution is 2.27. The second-order valence-electron chi connectivity index (χ2n) is 6.56. The number of carbonyl (C=O) groups excluding carboxylic acids is 1. The van der Waals surface area contributed by atoms with E-state index >= 15 is 0 Å². The Morgan fingerprint density at radius 2 is 1.85 bits per heavy atom. The Labute approximate surface area is 153 Å². The van der Waals surface area contributed by atoms with E-state index in [9.17, 15) is 4.79 Å². The summed E-state index contributed by atoms with van der Waals surface area (Å²) in [5, 5.41) is 11.4. The molecule has 0 fully saturated rings. The number of pyridine rings is 1. The number of hydrogen-bond acceptors (Lipinski definition) is 4. The molecule has 3 rings (SSSR count). The van der Waals surface area contributed by atoms with Gasteiger partial charge in [0.25, 0.3) is 0 Å². The smallest absolute Gasteiger partial charge is 0.231 e. The van der Waals surface area contributed by atoms with Gasteiger partial charge in [-0.2, -0.15) is 0 Å². The van der Waals surface area contributed by atoms with Crippen LogP contribution in [0.5, 0.6) is 0 Å². The van der Waals surface area contributed by atoms with Crippen molar-refractivity contribution in [1.29, 1.82) is 0 Å². The lowest BCUT2D eigenvalue weighted by Crippen LogP contribution is -2.41. The van der Waals surface area contributed by atoms with E-state index in [-0.39, 0.29) is 5.91 Å². The Morgan fingerprint density at radius 3 is 2.50 bits per heavy atom. The molecular weight excluding hydrogens is 326 g/mol. The van der Waals surface area contributed by atoms with Crippen molar-refractivity contribution >= 4 is 17.2 Å². The first kappa shape index (κ1) is 18.1. The molecule has 0 spiro atoms. The summed E-state index contributed by atoms with van der Waals surface area (Å²) in [5.74, 6) is 0.873. The fourth-order valence-electron chi connectivity index (χ4n) is 3.12. The number of nitrogens with zero attached hydrogens (tertiary/aromatic N) is 3. The molecule has 0 aliphatic heterocycles. The van der Waals surface area contributed by atoms with E-state index in [2.05, 4.69) is 15.5 Å². The molecule has 26 heavy (non-hydrogen) atoms. The van der Waals surface area contributed by atoms with Gasteiger partial charge in [-0.3, -0.25) is 9.20 Å². The number of carbonyl (C=O) groups is 1. The zero-order valence-electron chi connectivity index (χ0n) is 15.3. The zero-order valence-corrected chi connectivity index (χ0v) is 15.3. The Hall–Kier alpha value is -2.73. The van der Waals surface area contributed by atoms with Gasteiger partial charge in [-0.15, -0.1) is 10.2 Å². The van der Waals surface area contributed by atoms with Gasteiger partial charge in [0.05, 0.1) is 5.41 Å². The first-order valence-electron chi connectivity index (χ1n) is 9.01. The molecule has 6 nitrogen and oxygen atoms in total. The lowest BCUT2D eigenvalue weighted by Gasteiger charge is -2.28. The van der Waals surface area contributed by atoms with Crippen molar-refractivity contribution < 1.29 is 4.79 Å². The summed E-state index contributed by atoms with van der Waals surface area (Å²) >= 11 is 0. The van der Waals surface area contributed by atoms with E-state index < -0.39 is 5.41 Å². The normalized spacial score (nSPS) is 11.7. The third kappa shape index (κ3) is 3.46. The number of fused-ring (bicyclic) bond motifs is 1. The minimum absolute atomic E-state index is 0.0128. The Bertz CT molecular complexity index is 872. The van der Waals surface area contributed by atoms with Crippen molar-refractivity contribution in [1.82, 2.24) is 14.6 Å². The maximum absolute atomic E-state index is 12.6. The highest BCUT2D eigenvalue weighted by Gasteiger charge is 2.33. The third-order valence-electron chi connectivity index (χ3n) is 5.18. The van der Waals surface area contributed by atoms with E-state index in [4.69, 9.17) is 5.73 Å². The van der Waals surface area contributed by atoms with Crippen molar-refractivity contribution in [2.75, 3.05) is 11.9 Å². The summed E-state index contributed by atoms with van der Waals surface area (Å²) in [6.07, 6.45) is 4.09. The van der Waals surface area contributed by atoms with Crippen molar-refractivity contribution in [2.45, 2.75) is 33.1 Å². The molecule has 0 bridgehead atoms. The molecule has 0 saturated carbocycles. The van der Waals surface area contributed by atoms with Crippen LogP contribution in [0.4, 0.5) is 5.69 Å². The van der Waals surface area contributed by atoms with Gasteiger partial charge in [0.15, 0.2) is 5.65 Å². The van der Waals surface area contributed by atoms with Crippen LogP contribution >= 0.6 is 0 Å². The number of nitrogens with two attached hydrogens (primary N) is 1. The Morgan fingerprint density at radius 1 is 1.12 bits per heavy atom. The predicted octanol–water partition coefficient (Wildman–Crippen LogP) is 3.02. The maximum Gasteiger partial charge on any atom is 0.231 e. The van der Waals surface area contributed by atoms with Crippen LogP contribution in [-0.4, -0.2) is 27.0 Å². The first-order chi connectivity index (χ1) is 12.6. The SMILES string of the molecule is CCC(CC)(CN)C(=O)Nc1ccc(Cc2nnc3ccccn23)cc1. The summed E-state index contributed by atoms with van der Waals surface area (Å²) in [4.78, 5) is 12.6. The molecular formula is C20H25N5O. The summed E-state index contributed by atoms with van der Waals surface area (Å²) in [6, 6.07) is 13.7. The van der Waals surface area contributed by atoms with Gasteiger partial charge in [0.1, 0.15) is 5.82 Å². The van der Waals surface area contributed by atoms with Crippen LogP contribution in [0.1, 0.15) is 38.1 Å². The van der Waals surface area contributed by atoms with E-state index in [1.165, 1.54) is 0 Å². The average Bonchev–Trinajstić information content (AvgIpc) is 3.08. The van der Waals surface area contributed by atoms with Gasteiger partial charge >= 0.3 is 0 Å². The minimum Gasteiger partial charge on any atom is -0.329 e. The fraction of sp³-hybridized carbons (Fsp3) is 0.350. The zero-order chi connectivity index (χ0) is 18.6. The second kappa shape index (κ2) is 7.66. The second-order valence-corrected chi connectivity index (χ2v) is 6.56. The van der Waals surface area contributed by atoms with Crippen LogP contribution in [-0.2, 0) is 11.2 Å². The van der Waals surface area contributed by atoms with Gasteiger partial charge in [0.2, 0.25) is 5.91 Å². The number of rotatable bonds is 7. The fourth-order valence-corrected chi connectivity index (χ4v) is 3.12. The molecule has 2 heterocycles. The maximum atomic E-state index is 12.6. The van der Waals surface area contributed by atoms with Crippen molar-refractivity contribution in [2.24, 2.45) is 11.1 Å². The average molecular weight is 351 g/mol. The molecule has 0 aliphatic carbocycles. The highest BCUT2D eigenvalue weighted by atomic mass is 16.2. The van der Waals surface area contributed by atoms with Crippen LogP contribution in [0.2, 0.25) is 0 Å². The van der Waals surface area contributed by atoms with E-state index in [0.29, 0.717) is 13.0 Å². The standard InChI is InChI=1S/C20H25N5O/c1-3-20(4-2,14-21)19(26)22-16-10-8-15(9-11-16)13-18-24-23-17-7-5-6-12-25(17)18/h5-12H,3-4,13-14,21H2,1-2H3,(H,22,26). The van der Waals surface area contributed by atoms with E-state index in [1.54, 1.807) is 0 Å². The summed E-state index contributed by atoms with van der Waals surface area (Å²) in [6.45, 7) is 4.35. The Balaban J connectivity index is 1.71. The number of nitrogens with one attached hydrogen (secondary N) is 1. The number of hydrogen-bond donors (Lipinski definition) is 2. The topological polar surface area (TPSA) is 85.3 Å². The van der Waals surface area contributed by atoms with Gasteiger partial charge in [-0.25, -0.2) is 0 Å². The molecule has 0 unspecified atom stereocenters. The number of benzene rings is 1. The quantitative estimate of drug-likeness (QED) is 0.685. The molecule has 0 radical (unpaired) electrons. The molecule has 6 heteroatoms. The van der Waals surface area contributed by atoms with Crippen molar-refractivity contribution in [3.05, 3.63) is 60.0 Å². The number of aromatic nitrogens is 3. The summed E-state index contributed by atoms with van der Waals surface area (Å²) in [5.41, 5.74) is 8.08. The highest BCUT2D eigenvalue weighted by molar-refractivity contribution is 5.95. The van der Waals surface area contributed by atoms with Crippen molar-refractivity contribution in [3.63, 3.8) is 0 Å². The lowest BCUT2D eigenvalue weighted by molar-refractivity contribution is -0.125. The van der Waals surface area contributed by atoms with Crippen LogP contribution < -0.4 is 11.1 Å². The number of amides is 1. The molecule has 0 atom stereocenters. The van der Waals surface area contributed by atoms with E-state index in [0.717, 1.165) is 35.6 Å². The van der Waals surface area contributed by atoms with Gasteiger partial charge in [-0.1, -0.05) is 32.0 Å². The lowest BCUT2D eigenvalue weighted by atomic mass is 9.81. The van der Waals surface area contributed by atoms with E-state index in [1.807, 2.05) is 66.9 Å². The Kier molecular flexibility index (Phi) is 5.32. The molecule has 3 N–H and O–H groups in total.